The molecule has 1 aromatic heterocycles. The highest BCUT2D eigenvalue weighted by Gasteiger charge is 2.26. The number of ether oxygens (including phenoxy) is 1. The van der Waals surface area contributed by atoms with Crippen LogP contribution in [0.15, 0.2) is 18.3 Å². The summed E-state index contributed by atoms with van der Waals surface area (Å²) >= 11 is 0. The molecule has 5 nitrogen and oxygen atoms in total. The summed E-state index contributed by atoms with van der Waals surface area (Å²) in [7, 11) is 0. The third-order valence-corrected chi connectivity index (χ3v) is 5.32. The van der Waals surface area contributed by atoms with Crippen molar-refractivity contribution in [3.05, 3.63) is 24.1 Å². The van der Waals surface area contributed by atoms with Crippen molar-refractivity contribution in [1.29, 1.82) is 0 Å². The van der Waals surface area contributed by atoms with E-state index in [0.29, 0.717) is 31.8 Å². The Balaban J connectivity index is 1.39. The van der Waals surface area contributed by atoms with Gasteiger partial charge in [0.15, 0.2) is 5.82 Å². The first-order chi connectivity index (χ1) is 12.1. The van der Waals surface area contributed by atoms with Crippen LogP contribution < -0.4 is 10.1 Å². The average molecular weight is 349 g/mol. The normalized spacial score (nSPS) is 24.8. The van der Waals surface area contributed by atoms with Gasteiger partial charge >= 0.3 is 6.03 Å². The Morgan fingerprint density at radius 2 is 2.16 bits per heavy atom. The van der Waals surface area contributed by atoms with Gasteiger partial charge in [0.1, 0.15) is 6.10 Å². The topological polar surface area (TPSA) is 54.5 Å². The van der Waals surface area contributed by atoms with Crippen molar-refractivity contribution in [2.45, 2.75) is 51.6 Å². The van der Waals surface area contributed by atoms with E-state index in [9.17, 15) is 9.18 Å². The van der Waals surface area contributed by atoms with Gasteiger partial charge in [-0.15, -0.1) is 0 Å². The fraction of sp³-hybridized carbons (Fsp3) is 0.684. The largest absolute Gasteiger partial charge is 0.472 e. The van der Waals surface area contributed by atoms with Crippen LogP contribution in [0.3, 0.4) is 0 Å². The van der Waals surface area contributed by atoms with Crippen molar-refractivity contribution >= 4 is 6.03 Å². The summed E-state index contributed by atoms with van der Waals surface area (Å²) < 4.78 is 19.2. The van der Waals surface area contributed by atoms with E-state index in [1.54, 1.807) is 6.07 Å². The molecular weight excluding hydrogens is 321 g/mol. The number of carbonyl (C=O) groups is 1. The number of likely N-dealkylation sites (tertiary alicyclic amines) is 1. The number of hydrogen-bond donors (Lipinski definition) is 1. The van der Waals surface area contributed by atoms with Crippen LogP contribution in [0.25, 0.3) is 0 Å². The predicted octanol–water partition coefficient (Wildman–Crippen LogP) is 3.60. The molecule has 138 valence electrons. The zero-order chi connectivity index (χ0) is 17.6. The Morgan fingerprint density at radius 3 is 2.88 bits per heavy atom. The van der Waals surface area contributed by atoms with Gasteiger partial charge < -0.3 is 15.0 Å². The highest BCUT2D eigenvalue weighted by molar-refractivity contribution is 5.74. The predicted molar refractivity (Wildman–Crippen MR) is 93.9 cm³/mol. The zero-order valence-electron chi connectivity index (χ0n) is 14.9. The minimum Gasteiger partial charge on any atom is -0.472 e. The molecule has 0 bridgehead atoms. The molecule has 1 saturated heterocycles. The van der Waals surface area contributed by atoms with Gasteiger partial charge in [0.25, 0.3) is 5.88 Å². The molecule has 2 aliphatic rings. The first kappa shape index (κ1) is 18.0. The molecular formula is C19H28FN3O2. The van der Waals surface area contributed by atoms with Crippen molar-refractivity contribution < 1.29 is 13.9 Å². The smallest absolute Gasteiger partial charge is 0.317 e. The van der Waals surface area contributed by atoms with E-state index in [1.165, 1.54) is 37.9 Å². The van der Waals surface area contributed by atoms with Gasteiger partial charge in [-0.3, -0.25) is 0 Å². The van der Waals surface area contributed by atoms with E-state index in [1.807, 2.05) is 4.90 Å². The molecule has 1 saturated carbocycles. The van der Waals surface area contributed by atoms with Gasteiger partial charge in [-0.25, -0.2) is 14.2 Å². The molecule has 6 heteroatoms. The van der Waals surface area contributed by atoms with Crippen LogP contribution in [-0.2, 0) is 0 Å². The van der Waals surface area contributed by atoms with Gasteiger partial charge in [-0.1, -0.05) is 19.8 Å². The molecule has 2 unspecified atom stereocenters. The van der Waals surface area contributed by atoms with Crippen LogP contribution in [0, 0.1) is 17.7 Å². The number of rotatable bonds is 4. The number of nitrogens with zero attached hydrogens (tertiary/aromatic N) is 2. The molecule has 1 aliphatic heterocycles. The number of pyridine rings is 1. The van der Waals surface area contributed by atoms with Crippen LogP contribution in [-0.4, -0.2) is 41.7 Å². The number of carbonyl (C=O) groups excluding carboxylic acids is 1. The van der Waals surface area contributed by atoms with Crippen molar-refractivity contribution in [3.63, 3.8) is 0 Å². The summed E-state index contributed by atoms with van der Waals surface area (Å²) in [5.74, 6) is 0.998. The van der Waals surface area contributed by atoms with Crippen LogP contribution in [0.1, 0.15) is 45.4 Å². The number of piperidine rings is 1. The quantitative estimate of drug-likeness (QED) is 0.904. The number of amides is 2. The summed E-state index contributed by atoms with van der Waals surface area (Å²) in [6.45, 7) is 4.33. The van der Waals surface area contributed by atoms with Crippen molar-refractivity contribution in [1.82, 2.24) is 15.2 Å². The van der Waals surface area contributed by atoms with Gasteiger partial charge in [0, 0.05) is 38.7 Å². The maximum atomic E-state index is 13.6. The molecule has 2 amide bonds. The van der Waals surface area contributed by atoms with Gasteiger partial charge in [0.05, 0.1) is 0 Å². The Morgan fingerprint density at radius 1 is 1.36 bits per heavy atom. The molecule has 25 heavy (non-hydrogen) atoms. The average Bonchev–Trinajstić information content (AvgIpc) is 2.62. The van der Waals surface area contributed by atoms with Crippen LogP contribution in [0.4, 0.5) is 9.18 Å². The van der Waals surface area contributed by atoms with E-state index < -0.39 is 5.82 Å². The summed E-state index contributed by atoms with van der Waals surface area (Å²) in [4.78, 5) is 18.1. The molecule has 2 atom stereocenters. The lowest BCUT2D eigenvalue weighted by molar-refractivity contribution is 0.103. The first-order valence-corrected chi connectivity index (χ1v) is 9.41. The second-order valence-electron chi connectivity index (χ2n) is 7.42. The molecule has 0 spiro atoms. The van der Waals surface area contributed by atoms with Gasteiger partial charge in [0.2, 0.25) is 0 Å². The molecule has 1 aliphatic carbocycles. The summed E-state index contributed by atoms with van der Waals surface area (Å²) in [6, 6.07) is 2.90. The number of halogens is 1. The summed E-state index contributed by atoms with van der Waals surface area (Å²) in [6.07, 6.45) is 7.85. The SMILES string of the molecule is CC1CCCC(CNC(=O)N2CCC(Oc3ncccc3F)CC2)C1. The van der Waals surface area contributed by atoms with Crippen LogP contribution >= 0.6 is 0 Å². The van der Waals surface area contributed by atoms with E-state index in [4.69, 9.17) is 4.74 Å². The van der Waals surface area contributed by atoms with Crippen LogP contribution in [0.2, 0.25) is 0 Å². The molecule has 1 N–H and O–H groups in total. The molecule has 1 aromatic rings. The second-order valence-corrected chi connectivity index (χ2v) is 7.42. The number of aromatic nitrogens is 1. The van der Waals surface area contributed by atoms with E-state index >= 15 is 0 Å². The fourth-order valence-corrected chi connectivity index (χ4v) is 3.88. The Hall–Kier alpha value is -1.85. The van der Waals surface area contributed by atoms with Gasteiger partial charge in [-0.05, 0) is 36.8 Å². The molecule has 0 radical (unpaired) electrons. The highest BCUT2D eigenvalue weighted by atomic mass is 19.1. The molecule has 2 heterocycles. The highest BCUT2D eigenvalue weighted by Crippen LogP contribution is 2.28. The fourth-order valence-electron chi connectivity index (χ4n) is 3.88. The second kappa shape index (κ2) is 8.50. The lowest BCUT2D eigenvalue weighted by Crippen LogP contribution is -2.47. The molecule has 3 rings (SSSR count). The number of urea groups is 1. The zero-order valence-corrected chi connectivity index (χ0v) is 14.9. The maximum Gasteiger partial charge on any atom is 0.317 e. The molecule has 2 fully saturated rings. The Labute approximate surface area is 148 Å². The monoisotopic (exact) mass is 349 g/mol. The lowest BCUT2D eigenvalue weighted by Gasteiger charge is -2.33. The number of nitrogens with one attached hydrogen (secondary N) is 1. The number of hydrogen-bond acceptors (Lipinski definition) is 3. The van der Waals surface area contributed by atoms with Crippen molar-refractivity contribution in [2.24, 2.45) is 11.8 Å². The van der Waals surface area contributed by atoms with E-state index in [2.05, 4.69) is 17.2 Å². The third-order valence-electron chi connectivity index (χ3n) is 5.32. The van der Waals surface area contributed by atoms with Crippen LogP contribution in [0.5, 0.6) is 5.88 Å². The molecule has 0 aromatic carbocycles. The lowest BCUT2D eigenvalue weighted by atomic mass is 9.82. The Bertz CT molecular complexity index is 576. The minimum absolute atomic E-state index is 0.0145. The standard InChI is InChI=1S/C19H28FN3O2/c1-14-4-2-5-15(12-14)13-22-19(24)23-10-7-16(8-11-23)25-18-17(20)6-3-9-21-18/h3,6,9,14-16H,2,4-5,7-8,10-13H2,1H3,(H,22,24). The third kappa shape index (κ3) is 5.06. The Kier molecular flexibility index (Phi) is 6.10. The maximum absolute atomic E-state index is 13.6. The summed E-state index contributed by atoms with van der Waals surface area (Å²) in [5.41, 5.74) is 0. The van der Waals surface area contributed by atoms with E-state index in [0.717, 1.165) is 12.5 Å². The van der Waals surface area contributed by atoms with Crippen molar-refractivity contribution in [3.8, 4) is 5.88 Å². The van der Waals surface area contributed by atoms with Crippen molar-refractivity contribution in [2.75, 3.05) is 19.6 Å². The first-order valence-electron chi connectivity index (χ1n) is 9.41. The van der Waals surface area contributed by atoms with Gasteiger partial charge in [-0.2, -0.15) is 0 Å². The minimum atomic E-state index is -0.440. The summed E-state index contributed by atoms with van der Waals surface area (Å²) in [5, 5.41) is 3.09. The van der Waals surface area contributed by atoms with E-state index in [-0.39, 0.29) is 18.0 Å².